The second-order valence-electron chi connectivity index (χ2n) is 17.7. The molecule has 0 aliphatic rings. The highest BCUT2D eigenvalue weighted by molar-refractivity contribution is 6.12. The molecule has 0 spiro atoms. The van der Waals surface area contributed by atoms with Gasteiger partial charge in [-0.05, 0) is 90.7 Å². The van der Waals surface area contributed by atoms with Gasteiger partial charge in [-0.2, -0.15) is 0 Å². The quantitative estimate of drug-likeness (QED) is 0.145. The largest absolute Gasteiger partial charge is 0.309 e. The van der Waals surface area contributed by atoms with E-state index in [-0.39, 0.29) is 0 Å². The summed E-state index contributed by atoms with van der Waals surface area (Å²) in [5.74, 6) is 1.27. The van der Waals surface area contributed by atoms with Gasteiger partial charge >= 0.3 is 0 Å². The van der Waals surface area contributed by atoms with E-state index < -0.39 is 0 Å². The van der Waals surface area contributed by atoms with Crippen LogP contribution in [0.3, 0.4) is 0 Å². The standard InChI is InChI=1S/C64H45N5/c1-42-17-15-27-48(35-42)50-29-32-60-53(37-50)54-38-51(49-28-16-18-43(2)36-49)30-33-61(54)69(60)62-34-31-52(64-66-56(44-19-7-3-8-20-44)40-57(67-64)45-21-9-4-10-22-45)39-55(62)59-41-58(46-23-11-5-12-24-46)65-63(68-59)47-25-13-6-14-26-47/h3-41H,1-2H3. The monoisotopic (exact) mass is 883 g/mol. The Hall–Kier alpha value is -9.06. The van der Waals surface area contributed by atoms with Crippen molar-refractivity contribution in [1.29, 1.82) is 0 Å². The fourth-order valence-corrected chi connectivity index (χ4v) is 9.51. The number of aryl methyl sites for hydroxylation is 2. The number of hydrogen-bond donors (Lipinski definition) is 0. The molecule has 12 rings (SSSR count). The molecule has 3 heterocycles. The molecular weight excluding hydrogens is 839 g/mol. The van der Waals surface area contributed by atoms with E-state index in [1.165, 1.54) is 33.4 Å². The van der Waals surface area contributed by atoms with Gasteiger partial charge < -0.3 is 4.57 Å². The molecule has 69 heavy (non-hydrogen) atoms. The minimum Gasteiger partial charge on any atom is -0.309 e. The molecule has 0 fully saturated rings. The van der Waals surface area contributed by atoms with Gasteiger partial charge in [0.25, 0.3) is 0 Å². The first-order chi connectivity index (χ1) is 34.0. The third-order valence-corrected chi connectivity index (χ3v) is 12.9. The predicted molar refractivity (Wildman–Crippen MR) is 285 cm³/mol. The molecule has 0 N–H and O–H groups in total. The first-order valence-corrected chi connectivity index (χ1v) is 23.4. The van der Waals surface area contributed by atoms with Gasteiger partial charge in [0.15, 0.2) is 11.6 Å². The van der Waals surface area contributed by atoms with Crippen molar-refractivity contribution < 1.29 is 0 Å². The summed E-state index contributed by atoms with van der Waals surface area (Å²) in [4.78, 5) is 21.3. The summed E-state index contributed by atoms with van der Waals surface area (Å²) in [7, 11) is 0. The van der Waals surface area contributed by atoms with Crippen molar-refractivity contribution >= 4 is 21.8 Å². The van der Waals surface area contributed by atoms with Gasteiger partial charge in [-0.25, -0.2) is 19.9 Å². The van der Waals surface area contributed by atoms with E-state index in [9.17, 15) is 0 Å². The Morgan fingerprint density at radius 2 is 0.652 bits per heavy atom. The minimum absolute atomic E-state index is 0.622. The van der Waals surface area contributed by atoms with Crippen molar-refractivity contribution in [2.24, 2.45) is 0 Å². The highest BCUT2D eigenvalue weighted by atomic mass is 15.0. The summed E-state index contributed by atoms with van der Waals surface area (Å²) in [5.41, 5.74) is 19.4. The molecule has 0 atom stereocenters. The van der Waals surface area contributed by atoms with Gasteiger partial charge in [0.1, 0.15) is 0 Å². The zero-order valence-electron chi connectivity index (χ0n) is 38.3. The Kier molecular flexibility index (Phi) is 10.6. The van der Waals surface area contributed by atoms with Crippen LogP contribution >= 0.6 is 0 Å². The van der Waals surface area contributed by atoms with Gasteiger partial charge in [0.2, 0.25) is 0 Å². The Morgan fingerprint density at radius 3 is 1.12 bits per heavy atom. The molecule has 5 heteroatoms. The van der Waals surface area contributed by atoms with Crippen LogP contribution in [0.2, 0.25) is 0 Å². The summed E-state index contributed by atoms with van der Waals surface area (Å²) < 4.78 is 2.41. The summed E-state index contributed by atoms with van der Waals surface area (Å²) in [6.07, 6.45) is 0. The number of nitrogens with zero attached hydrogens (tertiary/aromatic N) is 5. The number of rotatable bonds is 9. The highest BCUT2D eigenvalue weighted by Crippen LogP contribution is 2.42. The predicted octanol–water partition coefficient (Wildman–Crippen LogP) is 16.3. The lowest BCUT2D eigenvalue weighted by molar-refractivity contribution is 1.14. The summed E-state index contributed by atoms with van der Waals surface area (Å²) >= 11 is 0. The van der Waals surface area contributed by atoms with E-state index in [2.05, 4.69) is 219 Å². The second kappa shape index (κ2) is 17.6. The molecule has 0 unspecified atom stereocenters. The molecule has 12 aromatic rings. The normalized spacial score (nSPS) is 11.3. The molecule has 0 saturated heterocycles. The van der Waals surface area contributed by atoms with Crippen LogP contribution in [0.4, 0.5) is 0 Å². The Bertz CT molecular complexity index is 3620. The lowest BCUT2D eigenvalue weighted by atomic mass is 9.99. The fraction of sp³-hybridized carbons (Fsp3) is 0.0312. The van der Waals surface area contributed by atoms with Crippen LogP contribution in [-0.2, 0) is 0 Å². The van der Waals surface area contributed by atoms with Crippen molar-refractivity contribution in [3.8, 4) is 95.7 Å². The zero-order chi connectivity index (χ0) is 46.3. The Labute approximate surface area is 401 Å². The first-order valence-electron chi connectivity index (χ1n) is 23.4. The van der Waals surface area contributed by atoms with Crippen LogP contribution in [0.25, 0.3) is 118 Å². The van der Waals surface area contributed by atoms with Gasteiger partial charge in [0.05, 0.1) is 39.5 Å². The number of aromatic nitrogens is 5. The summed E-state index contributed by atoms with van der Waals surface area (Å²) in [5, 5.41) is 2.33. The molecular formula is C64H45N5. The van der Waals surface area contributed by atoms with Gasteiger partial charge in [0, 0.05) is 44.2 Å². The van der Waals surface area contributed by atoms with Crippen LogP contribution in [-0.4, -0.2) is 24.5 Å². The summed E-state index contributed by atoms with van der Waals surface area (Å²) in [6.45, 7) is 4.30. The molecule has 0 saturated carbocycles. The first kappa shape index (κ1) is 41.4. The van der Waals surface area contributed by atoms with Crippen molar-refractivity contribution in [3.63, 3.8) is 0 Å². The zero-order valence-corrected chi connectivity index (χ0v) is 38.3. The maximum Gasteiger partial charge on any atom is 0.160 e. The maximum atomic E-state index is 5.45. The molecule has 3 aromatic heterocycles. The molecule has 0 aliphatic carbocycles. The third-order valence-electron chi connectivity index (χ3n) is 12.9. The van der Waals surface area contributed by atoms with E-state index in [1.54, 1.807) is 0 Å². The minimum atomic E-state index is 0.622. The molecule has 0 aliphatic heterocycles. The van der Waals surface area contributed by atoms with Gasteiger partial charge in [-0.3, -0.25) is 0 Å². The van der Waals surface area contributed by atoms with Crippen molar-refractivity contribution in [2.75, 3.05) is 0 Å². The van der Waals surface area contributed by atoms with Gasteiger partial charge in [-0.15, -0.1) is 0 Å². The van der Waals surface area contributed by atoms with E-state index in [0.29, 0.717) is 11.6 Å². The Balaban J connectivity index is 1.15. The summed E-state index contributed by atoms with van der Waals surface area (Å²) in [6, 6.07) is 83.4. The molecule has 0 radical (unpaired) electrons. The molecule has 0 bridgehead atoms. The van der Waals surface area contributed by atoms with Crippen molar-refractivity contribution in [2.45, 2.75) is 13.8 Å². The van der Waals surface area contributed by atoms with Crippen LogP contribution in [0.1, 0.15) is 11.1 Å². The number of fused-ring (bicyclic) bond motifs is 3. The lowest BCUT2D eigenvalue weighted by Gasteiger charge is -2.17. The van der Waals surface area contributed by atoms with Gasteiger partial charge in [-0.1, -0.05) is 193 Å². The van der Waals surface area contributed by atoms with Crippen molar-refractivity contribution in [3.05, 3.63) is 248 Å². The van der Waals surface area contributed by atoms with Crippen LogP contribution < -0.4 is 0 Å². The SMILES string of the molecule is Cc1cccc(-c2ccc3c(c2)c2cc(-c4cccc(C)c4)ccc2n3-c2ccc(-c3nc(-c4ccccc4)cc(-c4ccccc4)n3)cc2-c2cc(-c3ccccc3)nc(-c3ccccc3)n2)c1. The Morgan fingerprint density at radius 1 is 0.275 bits per heavy atom. The van der Waals surface area contributed by atoms with E-state index in [0.717, 1.165) is 83.6 Å². The average Bonchev–Trinajstić information content (AvgIpc) is 3.74. The smallest absolute Gasteiger partial charge is 0.160 e. The average molecular weight is 884 g/mol. The number of hydrogen-bond acceptors (Lipinski definition) is 4. The number of benzene rings is 9. The highest BCUT2D eigenvalue weighted by Gasteiger charge is 2.22. The molecule has 326 valence electrons. The molecule has 5 nitrogen and oxygen atoms in total. The third kappa shape index (κ3) is 8.06. The molecule has 9 aromatic carbocycles. The maximum absolute atomic E-state index is 5.45. The van der Waals surface area contributed by atoms with Crippen molar-refractivity contribution in [1.82, 2.24) is 24.5 Å². The van der Waals surface area contributed by atoms with Crippen LogP contribution in [0.5, 0.6) is 0 Å². The van der Waals surface area contributed by atoms with Crippen LogP contribution in [0, 0.1) is 13.8 Å². The van der Waals surface area contributed by atoms with Crippen LogP contribution in [0.15, 0.2) is 237 Å². The topological polar surface area (TPSA) is 56.5 Å². The van der Waals surface area contributed by atoms with E-state index >= 15 is 0 Å². The lowest BCUT2D eigenvalue weighted by Crippen LogP contribution is -2.02. The van der Waals surface area contributed by atoms with E-state index in [1.807, 2.05) is 36.4 Å². The fourth-order valence-electron chi connectivity index (χ4n) is 9.51. The van der Waals surface area contributed by atoms with E-state index in [4.69, 9.17) is 19.9 Å². The second-order valence-corrected chi connectivity index (χ2v) is 17.7. The molecule has 0 amide bonds.